The number of carbonyl (C=O) groups excluding carboxylic acids is 1. The predicted octanol–water partition coefficient (Wildman–Crippen LogP) is 2.81. The van der Waals surface area contributed by atoms with Gasteiger partial charge in [-0.3, -0.25) is 9.69 Å². The van der Waals surface area contributed by atoms with Crippen LogP contribution in [0.4, 0.5) is 11.5 Å². The number of nitrogens with one attached hydrogen (secondary N) is 1. The summed E-state index contributed by atoms with van der Waals surface area (Å²) in [5, 5.41) is 2.91. The van der Waals surface area contributed by atoms with Crippen molar-refractivity contribution in [1.82, 2.24) is 9.88 Å². The molecule has 29 heavy (non-hydrogen) atoms. The quantitative estimate of drug-likeness (QED) is 0.774. The molecule has 1 aromatic heterocycles. The number of aromatic nitrogens is 1. The Morgan fingerprint density at radius 1 is 1.07 bits per heavy atom. The van der Waals surface area contributed by atoms with Crippen molar-refractivity contribution in [3.8, 4) is 11.5 Å². The largest absolute Gasteiger partial charge is 0.493 e. The molecule has 0 atom stereocenters. The van der Waals surface area contributed by atoms with Crippen LogP contribution in [0.15, 0.2) is 36.5 Å². The zero-order chi connectivity index (χ0) is 20.8. The number of amides is 1. The van der Waals surface area contributed by atoms with Crippen LogP contribution in [0.2, 0.25) is 0 Å². The molecule has 1 amide bonds. The molecule has 0 unspecified atom stereocenters. The normalized spacial score (nSPS) is 14.7. The Labute approximate surface area is 172 Å². The van der Waals surface area contributed by atoms with Crippen molar-refractivity contribution in [2.24, 2.45) is 0 Å². The average molecular weight is 399 g/mol. The van der Waals surface area contributed by atoms with Gasteiger partial charge in [0.1, 0.15) is 5.82 Å². The lowest BCUT2D eigenvalue weighted by molar-refractivity contribution is -0.115. The lowest BCUT2D eigenvalue weighted by Crippen LogP contribution is -2.49. The highest BCUT2D eigenvalue weighted by Gasteiger charge is 2.19. The molecule has 1 saturated heterocycles. The van der Waals surface area contributed by atoms with Crippen LogP contribution in [0.5, 0.6) is 11.5 Å². The minimum Gasteiger partial charge on any atom is -0.493 e. The first-order valence-electron chi connectivity index (χ1n) is 9.96. The van der Waals surface area contributed by atoms with Crippen LogP contribution in [0.25, 0.3) is 0 Å². The molecule has 1 aliphatic heterocycles. The molecule has 1 N–H and O–H groups in total. The molecule has 2 aromatic rings. The number of methoxy groups -OCH3 is 2. The van der Waals surface area contributed by atoms with Gasteiger partial charge in [-0.05, 0) is 43.7 Å². The van der Waals surface area contributed by atoms with Crippen LogP contribution in [0.1, 0.15) is 19.4 Å². The van der Waals surface area contributed by atoms with E-state index in [9.17, 15) is 4.79 Å². The minimum absolute atomic E-state index is 0.0997. The molecule has 1 aromatic carbocycles. The van der Waals surface area contributed by atoms with Gasteiger partial charge in [0, 0.05) is 32.2 Å². The van der Waals surface area contributed by atoms with Gasteiger partial charge in [-0.1, -0.05) is 6.07 Å². The second kappa shape index (κ2) is 9.60. The number of pyridine rings is 1. The topological polar surface area (TPSA) is 66.9 Å². The van der Waals surface area contributed by atoms with Crippen molar-refractivity contribution in [2.45, 2.75) is 26.3 Å². The van der Waals surface area contributed by atoms with E-state index in [1.165, 1.54) is 0 Å². The maximum Gasteiger partial charge on any atom is 0.228 e. The average Bonchev–Trinajstić information content (AvgIpc) is 2.74. The molecule has 7 nitrogen and oxygen atoms in total. The zero-order valence-electron chi connectivity index (χ0n) is 17.6. The Balaban J connectivity index is 1.55. The number of benzene rings is 1. The maximum absolute atomic E-state index is 12.4. The highest BCUT2D eigenvalue weighted by atomic mass is 16.5. The fourth-order valence-electron chi connectivity index (χ4n) is 3.50. The highest BCUT2D eigenvalue weighted by molar-refractivity contribution is 5.92. The first-order chi connectivity index (χ1) is 14.0. The van der Waals surface area contributed by atoms with E-state index >= 15 is 0 Å². The van der Waals surface area contributed by atoms with Gasteiger partial charge in [0.2, 0.25) is 5.91 Å². The summed E-state index contributed by atoms with van der Waals surface area (Å²) in [6.45, 7) is 8.49. The van der Waals surface area contributed by atoms with Gasteiger partial charge in [-0.15, -0.1) is 0 Å². The smallest absolute Gasteiger partial charge is 0.228 e. The van der Waals surface area contributed by atoms with Gasteiger partial charge in [-0.25, -0.2) is 4.98 Å². The Morgan fingerprint density at radius 2 is 1.79 bits per heavy atom. The third kappa shape index (κ3) is 5.38. The number of piperazine rings is 1. The standard InChI is InChI=1S/C22H30N4O3/c1-16(2)25-9-11-26(12-10-25)21-8-6-18(15-23-21)24-22(27)14-17-5-7-19(28-3)20(13-17)29-4/h5-8,13,15-16H,9-12,14H2,1-4H3,(H,24,27). The summed E-state index contributed by atoms with van der Waals surface area (Å²) < 4.78 is 10.5. The van der Waals surface area contributed by atoms with Gasteiger partial charge in [0.25, 0.3) is 0 Å². The lowest BCUT2D eigenvalue weighted by Gasteiger charge is -2.37. The number of rotatable bonds is 7. The molecule has 0 radical (unpaired) electrons. The number of hydrogen-bond acceptors (Lipinski definition) is 6. The molecular weight excluding hydrogens is 368 g/mol. The molecule has 3 rings (SSSR count). The van der Waals surface area contributed by atoms with Crippen LogP contribution < -0.4 is 19.7 Å². The minimum atomic E-state index is -0.0997. The van der Waals surface area contributed by atoms with Crippen molar-refractivity contribution >= 4 is 17.4 Å². The fourth-order valence-corrected chi connectivity index (χ4v) is 3.50. The Kier molecular flexibility index (Phi) is 6.93. The van der Waals surface area contributed by atoms with Crippen molar-refractivity contribution in [1.29, 1.82) is 0 Å². The molecule has 156 valence electrons. The number of carbonyl (C=O) groups is 1. The summed E-state index contributed by atoms with van der Waals surface area (Å²) in [7, 11) is 3.17. The molecule has 0 spiro atoms. The second-order valence-corrected chi connectivity index (χ2v) is 7.44. The Bertz CT molecular complexity index is 815. The van der Waals surface area contributed by atoms with E-state index < -0.39 is 0 Å². The number of nitrogens with zero attached hydrogens (tertiary/aromatic N) is 3. The van der Waals surface area contributed by atoms with Crippen LogP contribution in [0, 0.1) is 0 Å². The SMILES string of the molecule is COc1ccc(CC(=O)Nc2ccc(N3CCN(C(C)C)CC3)nc2)cc1OC. The Morgan fingerprint density at radius 3 is 2.38 bits per heavy atom. The summed E-state index contributed by atoms with van der Waals surface area (Å²) in [5.41, 5.74) is 1.55. The molecule has 1 aliphatic rings. The molecule has 0 bridgehead atoms. The van der Waals surface area contributed by atoms with Crippen LogP contribution in [-0.2, 0) is 11.2 Å². The number of hydrogen-bond donors (Lipinski definition) is 1. The molecule has 0 saturated carbocycles. The summed E-state index contributed by atoms with van der Waals surface area (Å²) in [5.74, 6) is 2.11. The third-order valence-corrected chi connectivity index (χ3v) is 5.21. The molecule has 2 heterocycles. The van der Waals surface area contributed by atoms with Crippen molar-refractivity contribution in [3.05, 3.63) is 42.1 Å². The van der Waals surface area contributed by atoms with Crippen LogP contribution >= 0.6 is 0 Å². The highest BCUT2D eigenvalue weighted by Crippen LogP contribution is 2.27. The van der Waals surface area contributed by atoms with Crippen molar-refractivity contribution in [3.63, 3.8) is 0 Å². The van der Waals surface area contributed by atoms with Crippen molar-refractivity contribution < 1.29 is 14.3 Å². The predicted molar refractivity (Wildman–Crippen MR) is 115 cm³/mol. The maximum atomic E-state index is 12.4. The van der Waals surface area contributed by atoms with Gasteiger partial charge in [0.05, 0.1) is 32.5 Å². The summed E-state index contributed by atoms with van der Waals surface area (Å²) in [4.78, 5) is 21.7. The monoisotopic (exact) mass is 398 g/mol. The lowest BCUT2D eigenvalue weighted by atomic mass is 10.1. The fraction of sp³-hybridized carbons (Fsp3) is 0.455. The van der Waals surface area contributed by atoms with Crippen LogP contribution in [-0.4, -0.2) is 62.2 Å². The van der Waals surface area contributed by atoms with E-state index in [0.29, 0.717) is 23.2 Å². The van der Waals surface area contributed by atoms with E-state index in [1.807, 2.05) is 24.3 Å². The molecular formula is C22H30N4O3. The summed E-state index contributed by atoms with van der Waals surface area (Å²) >= 11 is 0. The van der Waals surface area contributed by atoms with Gasteiger partial charge in [0.15, 0.2) is 11.5 Å². The van der Waals surface area contributed by atoms with E-state index in [2.05, 4.69) is 33.9 Å². The first-order valence-corrected chi connectivity index (χ1v) is 9.96. The van der Waals surface area contributed by atoms with Gasteiger partial charge in [-0.2, -0.15) is 0 Å². The van der Waals surface area contributed by atoms with Gasteiger partial charge >= 0.3 is 0 Å². The molecule has 7 heteroatoms. The van der Waals surface area contributed by atoms with Gasteiger partial charge < -0.3 is 19.7 Å². The summed E-state index contributed by atoms with van der Waals surface area (Å²) in [6, 6.07) is 9.93. The van der Waals surface area contributed by atoms with E-state index in [4.69, 9.17) is 9.47 Å². The van der Waals surface area contributed by atoms with E-state index in [0.717, 1.165) is 37.6 Å². The third-order valence-electron chi connectivity index (χ3n) is 5.21. The molecule has 1 fully saturated rings. The first kappa shape index (κ1) is 20.9. The van der Waals surface area contributed by atoms with Crippen LogP contribution in [0.3, 0.4) is 0 Å². The second-order valence-electron chi connectivity index (χ2n) is 7.44. The van der Waals surface area contributed by atoms with E-state index in [1.54, 1.807) is 26.5 Å². The number of ether oxygens (including phenoxy) is 2. The molecule has 0 aliphatic carbocycles. The van der Waals surface area contributed by atoms with E-state index in [-0.39, 0.29) is 12.3 Å². The summed E-state index contributed by atoms with van der Waals surface area (Å²) in [6.07, 6.45) is 1.97. The Hall–Kier alpha value is -2.80. The number of anilines is 2. The van der Waals surface area contributed by atoms with Crippen molar-refractivity contribution in [2.75, 3.05) is 50.6 Å². The zero-order valence-corrected chi connectivity index (χ0v) is 17.6.